The molecule has 0 bridgehead atoms. The summed E-state index contributed by atoms with van der Waals surface area (Å²) < 4.78 is 62.2. The molecule has 1 unspecified atom stereocenters. The van der Waals surface area contributed by atoms with Crippen molar-refractivity contribution in [3.8, 4) is 5.75 Å². The Morgan fingerprint density at radius 3 is 2.33 bits per heavy atom. The van der Waals surface area contributed by atoms with Crippen molar-refractivity contribution >= 4 is 29.7 Å². The fourth-order valence-electron chi connectivity index (χ4n) is 5.03. The molecular weight excluding hydrogens is 592 g/mol. The van der Waals surface area contributed by atoms with Gasteiger partial charge in [-0.25, -0.2) is 9.38 Å². The third-order valence-electron chi connectivity index (χ3n) is 7.78. The van der Waals surface area contributed by atoms with E-state index in [0.717, 1.165) is 5.92 Å². The van der Waals surface area contributed by atoms with Crippen LogP contribution < -0.4 is 20.7 Å². The number of anilines is 1. The van der Waals surface area contributed by atoms with Gasteiger partial charge in [-0.05, 0) is 62.1 Å². The third kappa shape index (κ3) is 10.2. The molecule has 246 valence electrons. The molecule has 1 saturated carbocycles. The lowest BCUT2D eigenvalue weighted by molar-refractivity contribution is -0.274. The quantitative estimate of drug-likeness (QED) is 0.0947. The molecule has 1 aliphatic heterocycles. The Labute approximate surface area is 261 Å². The van der Waals surface area contributed by atoms with Gasteiger partial charge in [0.15, 0.2) is 0 Å². The Morgan fingerprint density at radius 2 is 1.82 bits per heavy atom. The van der Waals surface area contributed by atoms with Gasteiger partial charge in [0.25, 0.3) is 6.02 Å². The number of hydrogen-bond donors (Lipinski definition) is 2. The minimum atomic E-state index is -4.79. The van der Waals surface area contributed by atoms with E-state index in [4.69, 9.17) is 10.5 Å². The van der Waals surface area contributed by atoms with E-state index >= 15 is 4.39 Å². The summed E-state index contributed by atoms with van der Waals surface area (Å²) in [5.74, 6) is -0.570. The first-order chi connectivity index (χ1) is 21.4. The number of hydrogen-bond acceptors (Lipinski definition) is 6. The van der Waals surface area contributed by atoms with Crippen LogP contribution in [0.3, 0.4) is 0 Å². The summed E-state index contributed by atoms with van der Waals surface area (Å²) in [7, 11) is 1.47. The molecule has 1 saturated heterocycles. The summed E-state index contributed by atoms with van der Waals surface area (Å²) in [5, 5.41) is 2.52. The van der Waals surface area contributed by atoms with Gasteiger partial charge in [-0.15, -0.1) is 13.2 Å². The lowest BCUT2D eigenvalue weighted by atomic mass is 9.88. The van der Waals surface area contributed by atoms with Crippen molar-refractivity contribution in [1.82, 2.24) is 5.32 Å². The number of rotatable bonds is 11. The molecule has 0 spiro atoms. The second kappa shape index (κ2) is 16.3. The average molecular weight is 635 g/mol. The molecule has 12 heteroatoms. The van der Waals surface area contributed by atoms with Crippen LogP contribution >= 0.6 is 0 Å². The Kier molecular flexibility index (Phi) is 12.8. The van der Waals surface area contributed by atoms with E-state index in [-0.39, 0.29) is 42.1 Å². The number of nitrogens with zero attached hydrogens (tertiary/aromatic N) is 2. The van der Waals surface area contributed by atoms with Crippen molar-refractivity contribution in [3.63, 3.8) is 0 Å². The number of nitrogens with two attached hydrogens (primary N) is 1. The van der Waals surface area contributed by atoms with E-state index in [0.29, 0.717) is 48.4 Å². The first-order valence-corrected chi connectivity index (χ1v) is 15.1. The lowest BCUT2D eigenvalue weighted by Gasteiger charge is -2.40. The molecular formula is C33H42F4N4O4. The molecule has 4 rings (SSSR count). The highest BCUT2D eigenvalue weighted by Crippen LogP contribution is 2.34. The molecule has 3 N–H and O–H groups in total. The topological polar surface area (TPSA) is 106 Å². The SMILES string of the molecule is CC/C=C(/OC(N)=NC1CN(c2ccc(C(CCC=O)C(=O)NC)c(F)c2C)C1)c1ccc(OC(F)(F)F)cc1.CC1CCC1. The second-order valence-corrected chi connectivity index (χ2v) is 11.2. The zero-order valence-electron chi connectivity index (χ0n) is 26.1. The predicted octanol–water partition coefficient (Wildman–Crippen LogP) is 6.62. The van der Waals surface area contributed by atoms with Crippen molar-refractivity contribution in [1.29, 1.82) is 0 Å². The van der Waals surface area contributed by atoms with Crippen LogP contribution in [0.5, 0.6) is 5.75 Å². The average Bonchev–Trinajstić information content (AvgIpc) is 2.96. The summed E-state index contributed by atoms with van der Waals surface area (Å²) in [4.78, 5) is 29.4. The van der Waals surface area contributed by atoms with Gasteiger partial charge in [-0.2, -0.15) is 0 Å². The maximum absolute atomic E-state index is 15.3. The Hall–Kier alpha value is -4.09. The smallest absolute Gasteiger partial charge is 0.426 e. The normalized spacial score (nSPS) is 16.5. The maximum Gasteiger partial charge on any atom is 0.573 e. The van der Waals surface area contributed by atoms with Crippen molar-refractivity contribution in [2.75, 3.05) is 25.0 Å². The van der Waals surface area contributed by atoms with E-state index in [2.05, 4.69) is 22.0 Å². The molecule has 8 nitrogen and oxygen atoms in total. The molecule has 1 aliphatic carbocycles. The number of amidine groups is 1. The zero-order valence-corrected chi connectivity index (χ0v) is 26.1. The van der Waals surface area contributed by atoms with Gasteiger partial charge >= 0.3 is 6.36 Å². The summed E-state index contributed by atoms with van der Waals surface area (Å²) in [6, 6.07) is 8.20. The summed E-state index contributed by atoms with van der Waals surface area (Å²) in [6.07, 6.45) is 3.03. The molecule has 0 radical (unpaired) electrons. The molecule has 1 heterocycles. The van der Waals surface area contributed by atoms with E-state index in [1.165, 1.54) is 50.6 Å². The van der Waals surface area contributed by atoms with Crippen molar-refractivity contribution in [3.05, 3.63) is 65.0 Å². The largest absolute Gasteiger partial charge is 0.573 e. The van der Waals surface area contributed by atoms with Gasteiger partial charge in [0.1, 0.15) is 23.6 Å². The summed E-state index contributed by atoms with van der Waals surface area (Å²) >= 11 is 0. The summed E-state index contributed by atoms with van der Waals surface area (Å²) in [5.41, 5.74) is 7.79. The van der Waals surface area contributed by atoms with Crippen LogP contribution in [0.2, 0.25) is 0 Å². The minimum absolute atomic E-state index is 0.109. The third-order valence-corrected chi connectivity index (χ3v) is 7.78. The number of carbonyl (C=O) groups is 2. The molecule has 0 aromatic heterocycles. The first-order valence-electron chi connectivity index (χ1n) is 15.1. The van der Waals surface area contributed by atoms with E-state index in [9.17, 15) is 22.8 Å². The van der Waals surface area contributed by atoms with Crippen LogP contribution in [0, 0.1) is 18.7 Å². The fourth-order valence-corrected chi connectivity index (χ4v) is 5.03. The molecule has 2 aromatic rings. The van der Waals surface area contributed by atoms with Gasteiger partial charge in [0.2, 0.25) is 5.91 Å². The summed E-state index contributed by atoms with van der Waals surface area (Å²) in [6.45, 7) is 6.71. The van der Waals surface area contributed by atoms with Gasteiger partial charge in [-0.1, -0.05) is 39.2 Å². The lowest BCUT2D eigenvalue weighted by Crippen LogP contribution is -2.51. The number of benzene rings is 2. The molecule has 45 heavy (non-hydrogen) atoms. The Bertz CT molecular complexity index is 1350. The van der Waals surface area contributed by atoms with Crippen LogP contribution in [0.25, 0.3) is 5.76 Å². The van der Waals surface area contributed by atoms with Gasteiger partial charge < -0.3 is 30.2 Å². The first kappa shape index (κ1) is 35.4. The predicted molar refractivity (Wildman–Crippen MR) is 166 cm³/mol. The number of allylic oxidation sites excluding steroid dienone is 1. The van der Waals surface area contributed by atoms with Gasteiger partial charge in [0.05, 0.1) is 12.0 Å². The van der Waals surface area contributed by atoms with Gasteiger partial charge in [-0.3, -0.25) is 4.79 Å². The number of likely N-dealkylation sites (N-methyl/N-ethyl adjacent to an activating group) is 1. The monoisotopic (exact) mass is 634 g/mol. The molecule has 2 fully saturated rings. The van der Waals surface area contributed by atoms with Crippen LogP contribution in [-0.2, 0) is 14.3 Å². The van der Waals surface area contributed by atoms with Crippen LogP contribution in [0.15, 0.2) is 47.5 Å². The van der Waals surface area contributed by atoms with E-state index in [1.54, 1.807) is 25.1 Å². The van der Waals surface area contributed by atoms with Crippen LogP contribution in [0.1, 0.15) is 75.0 Å². The molecule has 1 amide bonds. The van der Waals surface area contributed by atoms with Crippen LogP contribution in [-0.4, -0.2) is 50.8 Å². The number of carbonyl (C=O) groups excluding carboxylic acids is 2. The standard InChI is InChI=1S/C28H32F4N4O4.C5H10/c1-4-6-24(18-8-10-20(11-9-18)40-28(30,31)32)39-27(33)35-19-15-36(16-19)23-13-12-21(25(29)17(23)2)22(7-5-14-37)26(38)34-3;1-5-3-2-4-5/h6,8-14,19,22H,4-5,7,15-16H2,1-3H3,(H2,33,35)(H,34,38);5H,2-4H2,1H3/b24-6+;. The number of halogens is 4. The highest BCUT2D eigenvalue weighted by atomic mass is 19.4. The maximum atomic E-state index is 15.3. The van der Waals surface area contributed by atoms with Crippen molar-refractivity contribution in [2.45, 2.75) is 77.6 Å². The molecule has 2 aliphatic rings. The fraction of sp³-hybridized carbons (Fsp3) is 0.485. The number of aldehydes is 1. The second-order valence-electron chi connectivity index (χ2n) is 11.2. The van der Waals surface area contributed by atoms with E-state index in [1.807, 2.05) is 11.8 Å². The number of amides is 1. The van der Waals surface area contributed by atoms with E-state index < -0.39 is 18.1 Å². The van der Waals surface area contributed by atoms with Crippen molar-refractivity contribution < 1.29 is 36.6 Å². The Balaban J connectivity index is 0.00000100. The number of ether oxygens (including phenoxy) is 2. The molecule has 1 atom stereocenters. The zero-order chi connectivity index (χ0) is 33.1. The highest BCUT2D eigenvalue weighted by molar-refractivity contribution is 5.84. The van der Waals surface area contributed by atoms with Crippen molar-refractivity contribution in [2.24, 2.45) is 16.6 Å². The number of nitrogens with one attached hydrogen (secondary N) is 1. The molecule has 2 aromatic carbocycles. The van der Waals surface area contributed by atoms with Crippen LogP contribution in [0.4, 0.5) is 23.2 Å². The number of aliphatic imine (C=N–C) groups is 1. The number of alkyl halides is 3. The minimum Gasteiger partial charge on any atom is -0.426 e. The Morgan fingerprint density at radius 1 is 1.18 bits per heavy atom. The van der Waals surface area contributed by atoms with Gasteiger partial charge in [0, 0.05) is 48.9 Å². The highest BCUT2D eigenvalue weighted by Gasteiger charge is 2.32.